The maximum atomic E-state index is 13.0. The Hall–Kier alpha value is -1.23. The van der Waals surface area contributed by atoms with Crippen molar-refractivity contribution in [3.63, 3.8) is 0 Å². The Labute approximate surface area is 132 Å². The molecule has 1 N–H and O–H groups in total. The Morgan fingerprint density at radius 1 is 1.33 bits per heavy atom. The van der Waals surface area contributed by atoms with Crippen LogP contribution in [-0.4, -0.2) is 21.5 Å². The van der Waals surface area contributed by atoms with Crippen LogP contribution in [-0.2, 0) is 9.59 Å². The Morgan fingerprint density at radius 2 is 2.05 bits per heavy atom. The molecule has 0 radical (unpaired) electrons. The van der Waals surface area contributed by atoms with Crippen LogP contribution < -0.4 is 5.32 Å². The van der Waals surface area contributed by atoms with Crippen LogP contribution in [0.4, 0.5) is 5.82 Å². The first kappa shape index (κ1) is 14.7. The van der Waals surface area contributed by atoms with E-state index in [2.05, 4.69) is 26.2 Å². The Morgan fingerprint density at radius 3 is 2.57 bits per heavy atom. The third-order valence-corrected chi connectivity index (χ3v) is 7.23. The highest BCUT2D eigenvalue weighted by Gasteiger charge is 2.76. The van der Waals surface area contributed by atoms with E-state index in [4.69, 9.17) is 0 Å². The molecule has 5 heteroatoms. The van der Waals surface area contributed by atoms with Crippen LogP contribution in [0.1, 0.15) is 33.6 Å². The molecule has 0 spiro atoms. The predicted octanol–water partition coefficient (Wildman–Crippen LogP) is 3.18. The number of halogens is 1. The topological polar surface area (TPSA) is 59.1 Å². The number of nitrogens with zero attached hydrogens (tertiary/aromatic N) is 1. The Balaban J connectivity index is 2.00. The highest BCUT2D eigenvalue weighted by Crippen LogP contribution is 2.72. The van der Waals surface area contributed by atoms with Gasteiger partial charge >= 0.3 is 0 Å². The lowest BCUT2D eigenvalue weighted by Gasteiger charge is -2.39. The molecule has 0 saturated heterocycles. The van der Waals surface area contributed by atoms with Gasteiger partial charge in [0.25, 0.3) is 0 Å². The zero-order valence-corrected chi connectivity index (χ0v) is 14.0. The van der Waals surface area contributed by atoms with Crippen molar-refractivity contribution in [3.05, 3.63) is 24.4 Å². The van der Waals surface area contributed by atoms with Crippen LogP contribution >= 0.6 is 15.9 Å². The van der Waals surface area contributed by atoms with Crippen molar-refractivity contribution in [3.8, 4) is 0 Å². The van der Waals surface area contributed by atoms with Crippen molar-refractivity contribution in [2.45, 2.75) is 38.4 Å². The summed E-state index contributed by atoms with van der Waals surface area (Å²) in [6.45, 7) is 6.07. The maximum Gasteiger partial charge on any atom is 0.233 e. The zero-order chi connectivity index (χ0) is 15.5. The number of fused-ring (bicyclic) bond motifs is 2. The molecule has 112 valence electrons. The molecule has 3 atom stereocenters. The average molecular weight is 351 g/mol. The maximum absolute atomic E-state index is 13.0. The number of Topliss-reactive ketones (excluding diaryl/α,β-unsaturated/α-hetero) is 1. The number of anilines is 1. The van der Waals surface area contributed by atoms with Crippen molar-refractivity contribution in [1.82, 2.24) is 4.98 Å². The van der Waals surface area contributed by atoms with Crippen LogP contribution in [0.2, 0.25) is 0 Å². The standard InChI is InChI=1S/C16H19BrN2O2/c1-14(2)15(3)7-8-16(14,11(17)12(15)20)13(21)19-10-6-4-5-9-18-10/h4-6,9,11H,7-8H2,1-3H3,(H,18,19,21)/t11-,15+,16-/m1/s1. The number of ketones is 1. The van der Waals surface area contributed by atoms with Gasteiger partial charge in [-0.25, -0.2) is 4.98 Å². The van der Waals surface area contributed by atoms with Crippen molar-refractivity contribution in [2.24, 2.45) is 16.2 Å². The Kier molecular flexibility index (Phi) is 3.07. The summed E-state index contributed by atoms with van der Waals surface area (Å²) in [6.07, 6.45) is 3.12. The van der Waals surface area contributed by atoms with E-state index in [1.54, 1.807) is 18.3 Å². The number of amides is 1. The molecule has 1 amide bonds. The number of pyridine rings is 1. The van der Waals surface area contributed by atoms with E-state index in [1.165, 1.54) is 0 Å². The van der Waals surface area contributed by atoms with Crippen LogP contribution in [0.3, 0.4) is 0 Å². The summed E-state index contributed by atoms with van der Waals surface area (Å²) in [4.78, 5) is 29.3. The van der Waals surface area contributed by atoms with Crippen molar-refractivity contribution in [2.75, 3.05) is 5.32 Å². The number of rotatable bonds is 2. The Bertz CT molecular complexity index is 616. The first-order valence-electron chi connectivity index (χ1n) is 7.18. The second-order valence-electron chi connectivity index (χ2n) is 6.82. The minimum Gasteiger partial charge on any atom is -0.310 e. The molecule has 0 unspecified atom stereocenters. The van der Waals surface area contributed by atoms with Crippen LogP contribution in [0.25, 0.3) is 0 Å². The summed E-state index contributed by atoms with van der Waals surface area (Å²) < 4.78 is 0. The molecule has 2 bridgehead atoms. The lowest BCUT2D eigenvalue weighted by Crippen LogP contribution is -2.48. The molecule has 3 rings (SSSR count). The number of nitrogens with one attached hydrogen (secondary N) is 1. The molecule has 2 saturated carbocycles. The zero-order valence-electron chi connectivity index (χ0n) is 12.4. The smallest absolute Gasteiger partial charge is 0.233 e. The molecule has 2 aliphatic carbocycles. The minimum absolute atomic E-state index is 0.109. The minimum atomic E-state index is -0.712. The van der Waals surface area contributed by atoms with Crippen molar-refractivity contribution in [1.29, 1.82) is 0 Å². The molecular weight excluding hydrogens is 332 g/mol. The van der Waals surface area contributed by atoms with E-state index in [0.29, 0.717) is 5.82 Å². The van der Waals surface area contributed by atoms with Gasteiger partial charge in [-0.3, -0.25) is 9.59 Å². The molecule has 2 fully saturated rings. The molecule has 4 nitrogen and oxygen atoms in total. The van der Waals surface area contributed by atoms with Crippen molar-refractivity contribution >= 4 is 33.4 Å². The monoisotopic (exact) mass is 350 g/mol. The fourth-order valence-corrected chi connectivity index (χ4v) is 5.63. The first-order valence-corrected chi connectivity index (χ1v) is 8.10. The molecule has 1 heterocycles. The van der Waals surface area contributed by atoms with Gasteiger partial charge in [-0.15, -0.1) is 0 Å². The summed E-state index contributed by atoms with van der Waals surface area (Å²) in [7, 11) is 0. The quantitative estimate of drug-likeness (QED) is 0.833. The summed E-state index contributed by atoms with van der Waals surface area (Å²) in [5, 5.41) is 2.89. The number of hydrogen-bond acceptors (Lipinski definition) is 3. The number of carbonyl (C=O) groups is 2. The van der Waals surface area contributed by atoms with Gasteiger partial charge in [0.05, 0.1) is 10.2 Å². The molecule has 2 aliphatic rings. The van der Waals surface area contributed by atoms with Gasteiger partial charge in [0.2, 0.25) is 5.91 Å². The lowest BCUT2D eigenvalue weighted by molar-refractivity contribution is -0.130. The van der Waals surface area contributed by atoms with Gasteiger partial charge in [0.15, 0.2) is 5.78 Å². The van der Waals surface area contributed by atoms with E-state index >= 15 is 0 Å². The highest BCUT2D eigenvalue weighted by atomic mass is 79.9. The molecule has 1 aromatic heterocycles. The third kappa shape index (κ3) is 1.58. The normalized spacial score (nSPS) is 36.8. The largest absolute Gasteiger partial charge is 0.310 e. The summed E-state index contributed by atoms with van der Waals surface area (Å²) in [5.41, 5.74) is -1.54. The molecule has 0 aliphatic heterocycles. The molecule has 21 heavy (non-hydrogen) atoms. The number of aromatic nitrogens is 1. The summed E-state index contributed by atoms with van der Waals surface area (Å²) in [5.74, 6) is 0.567. The van der Waals surface area contributed by atoms with Gasteiger partial charge in [-0.2, -0.15) is 0 Å². The molecule has 1 aromatic rings. The van der Waals surface area contributed by atoms with E-state index in [9.17, 15) is 9.59 Å². The fraction of sp³-hybridized carbons (Fsp3) is 0.562. The number of alkyl halides is 1. The summed E-state index contributed by atoms with van der Waals surface area (Å²) >= 11 is 3.51. The average Bonchev–Trinajstić information content (AvgIpc) is 2.72. The lowest BCUT2D eigenvalue weighted by atomic mass is 9.64. The fourth-order valence-electron chi connectivity index (χ4n) is 4.12. The second kappa shape index (κ2) is 4.38. The third-order valence-electron chi connectivity index (χ3n) is 6.03. The van der Waals surface area contributed by atoms with Crippen LogP contribution in [0, 0.1) is 16.2 Å². The van der Waals surface area contributed by atoms with Crippen molar-refractivity contribution < 1.29 is 9.59 Å². The SMILES string of the molecule is CC1(C)[C@@]2(C)CC[C@]1(C(=O)Nc1ccccn1)[C@H](Br)C2=O. The molecular formula is C16H19BrN2O2. The van der Waals surface area contributed by atoms with Gasteiger partial charge in [0.1, 0.15) is 5.82 Å². The number of hydrogen-bond donors (Lipinski definition) is 1. The van der Waals surface area contributed by atoms with Crippen LogP contribution in [0.15, 0.2) is 24.4 Å². The van der Waals surface area contributed by atoms with Gasteiger partial charge in [-0.1, -0.05) is 42.8 Å². The summed E-state index contributed by atoms with van der Waals surface area (Å²) in [6, 6.07) is 5.39. The van der Waals surface area contributed by atoms with E-state index in [1.807, 2.05) is 26.8 Å². The van der Waals surface area contributed by atoms with Crippen LogP contribution in [0.5, 0.6) is 0 Å². The predicted molar refractivity (Wildman–Crippen MR) is 84.1 cm³/mol. The van der Waals surface area contributed by atoms with Gasteiger partial charge in [0, 0.05) is 11.6 Å². The van der Waals surface area contributed by atoms with E-state index in [0.717, 1.165) is 12.8 Å². The number of carbonyl (C=O) groups excluding carboxylic acids is 2. The second-order valence-corrected chi connectivity index (χ2v) is 7.74. The molecule has 0 aromatic carbocycles. The van der Waals surface area contributed by atoms with E-state index in [-0.39, 0.29) is 17.1 Å². The van der Waals surface area contributed by atoms with Gasteiger partial charge in [-0.05, 0) is 30.4 Å². The highest BCUT2D eigenvalue weighted by molar-refractivity contribution is 9.10. The van der Waals surface area contributed by atoms with Gasteiger partial charge < -0.3 is 5.32 Å². The first-order chi connectivity index (χ1) is 9.77. The van der Waals surface area contributed by atoms with E-state index < -0.39 is 15.7 Å².